The highest BCUT2D eigenvalue weighted by Gasteiger charge is 2.18. The lowest BCUT2D eigenvalue weighted by Crippen LogP contribution is -2.14. The number of hydrogen-bond donors (Lipinski definition) is 0. The van der Waals surface area contributed by atoms with E-state index in [0.29, 0.717) is 5.92 Å². The second kappa shape index (κ2) is 12.0. The van der Waals surface area contributed by atoms with Gasteiger partial charge in [0.1, 0.15) is 5.75 Å². The van der Waals surface area contributed by atoms with Gasteiger partial charge in [-0.3, -0.25) is 0 Å². The van der Waals surface area contributed by atoms with E-state index in [9.17, 15) is 0 Å². The zero-order valence-corrected chi connectivity index (χ0v) is 23.9. The largest absolute Gasteiger partial charge is 0.493 e. The first kappa shape index (κ1) is 27.8. The topological polar surface area (TPSA) is 12.5 Å². The van der Waals surface area contributed by atoms with Crippen LogP contribution in [0.4, 0.5) is 17.1 Å². The Kier molecular flexibility index (Phi) is 9.28. The minimum atomic E-state index is 0.129. The predicted octanol–water partition coefficient (Wildman–Crippen LogP) is 10.3. The van der Waals surface area contributed by atoms with Crippen molar-refractivity contribution < 1.29 is 4.74 Å². The van der Waals surface area contributed by atoms with Crippen LogP contribution in [-0.2, 0) is 10.8 Å². The number of ether oxygens (including phenoxy) is 1. The fourth-order valence-electron chi connectivity index (χ4n) is 4.47. The van der Waals surface area contributed by atoms with Crippen molar-refractivity contribution in [1.29, 1.82) is 0 Å². The molecule has 1 atom stereocenters. The summed E-state index contributed by atoms with van der Waals surface area (Å²) in [6.45, 7) is 18.9. The number of nitrogens with zero attached hydrogens (tertiary/aromatic N) is 1. The third kappa shape index (κ3) is 7.38. The zero-order chi connectivity index (χ0) is 26.3. The predicted molar refractivity (Wildman–Crippen MR) is 157 cm³/mol. The number of rotatable bonds is 10. The molecule has 2 heteroatoms. The van der Waals surface area contributed by atoms with Gasteiger partial charge in [-0.15, -0.1) is 0 Å². The van der Waals surface area contributed by atoms with Gasteiger partial charge in [0, 0.05) is 17.1 Å². The molecule has 0 fully saturated rings. The van der Waals surface area contributed by atoms with Gasteiger partial charge in [0.05, 0.1) is 6.61 Å². The SMILES string of the molecule is CCCCC(CC)COc1ccc(N(c2ccc(C(C)(C)C)cc2)c2ccc(C(C)(C)C)cc2)cc1. The summed E-state index contributed by atoms with van der Waals surface area (Å²) >= 11 is 0. The molecule has 0 spiro atoms. The van der Waals surface area contributed by atoms with Crippen molar-refractivity contribution in [3.63, 3.8) is 0 Å². The lowest BCUT2D eigenvalue weighted by Gasteiger charge is -2.28. The number of anilines is 3. The molecule has 2 nitrogen and oxygen atoms in total. The molecule has 0 aliphatic carbocycles. The van der Waals surface area contributed by atoms with E-state index in [2.05, 4.69) is 133 Å². The van der Waals surface area contributed by atoms with E-state index in [4.69, 9.17) is 4.74 Å². The van der Waals surface area contributed by atoms with Crippen LogP contribution in [0.2, 0.25) is 0 Å². The Balaban J connectivity index is 1.89. The Morgan fingerprint density at radius 3 is 1.42 bits per heavy atom. The van der Waals surface area contributed by atoms with Gasteiger partial charge in [0.15, 0.2) is 0 Å². The van der Waals surface area contributed by atoms with Crippen LogP contribution in [0.25, 0.3) is 0 Å². The van der Waals surface area contributed by atoms with Crippen molar-refractivity contribution >= 4 is 17.1 Å². The smallest absolute Gasteiger partial charge is 0.119 e. The van der Waals surface area contributed by atoms with Crippen LogP contribution >= 0.6 is 0 Å². The first-order chi connectivity index (χ1) is 17.0. The van der Waals surface area contributed by atoms with Crippen molar-refractivity contribution in [3.05, 3.63) is 83.9 Å². The van der Waals surface area contributed by atoms with E-state index in [-0.39, 0.29) is 10.8 Å². The first-order valence-corrected chi connectivity index (χ1v) is 13.8. The molecule has 0 bridgehead atoms. The van der Waals surface area contributed by atoms with Crippen molar-refractivity contribution in [2.45, 2.75) is 91.9 Å². The molecule has 0 aliphatic rings. The van der Waals surface area contributed by atoms with Crippen LogP contribution in [0, 0.1) is 5.92 Å². The molecule has 0 N–H and O–H groups in total. The lowest BCUT2D eigenvalue weighted by molar-refractivity contribution is 0.233. The summed E-state index contributed by atoms with van der Waals surface area (Å²) < 4.78 is 6.19. The van der Waals surface area contributed by atoms with E-state index in [1.165, 1.54) is 36.8 Å². The molecule has 0 heterocycles. The minimum Gasteiger partial charge on any atom is -0.493 e. The molecule has 36 heavy (non-hydrogen) atoms. The average molecular weight is 486 g/mol. The molecule has 0 aromatic heterocycles. The lowest BCUT2D eigenvalue weighted by atomic mass is 9.86. The van der Waals surface area contributed by atoms with Crippen LogP contribution in [0.3, 0.4) is 0 Å². The van der Waals surface area contributed by atoms with Crippen LogP contribution in [0.5, 0.6) is 5.75 Å². The molecule has 0 radical (unpaired) electrons. The Morgan fingerprint density at radius 1 is 0.639 bits per heavy atom. The zero-order valence-electron chi connectivity index (χ0n) is 23.9. The summed E-state index contributed by atoms with van der Waals surface area (Å²) in [5.41, 5.74) is 6.39. The van der Waals surface area contributed by atoms with Gasteiger partial charge < -0.3 is 9.64 Å². The normalized spacial score (nSPS) is 12.9. The minimum absolute atomic E-state index is 0.129. The van der Waals surface area contributed by atoms with Crippen molar-refractivity contribution in [2.75, 3.05) is 11.5 Å². The summed E-state index contributed by atoms with van der Waals surface area (Å²) in [5.74, 6) is 1.57. The van der Waals surface area contributed by atoms with Crippen molar-refractivity contribution in [1.82, 2.24) is 0 Å². The summed E-state index contributed by atoms with van der Waals surface area (Å²) in [4.78, 5) is 2.33. The summed E-state index contributed by atoms with van der Waals surface area (Å²) in [7, 11) is 0. The molecule has 0 aliphatic heterocycles. The Bertz CT molecular complexity index is 993. The van der Waals surface area contributed by atoms with Gasteiger partial charge in [-0.25, -0.2) is 0 Å². The standard InChI is InChI=1S/C34H47NO/c1-9-11-12-26(10-2)25-36-32-23-21-31(22-24-32)35(29-17-13-27(14-18-29)33(3,4)5)30-19-15-28(16-20-30)34(6,7)8/h13-24,26H,9-12,25H2,1-8H3. The molecule has 0 saturated heterocycles. The third-order valence-corrected chi connectivity index (χ3v) is 7.11. The van der Waals surface area contributed by atoms with Crippen LogP contribution in [-0.4, -0.2) is 6.61 Å². The molecule has 3 rings (SSSR count). The van der Waals surface area contributed by atoms with Crippen molar-refractivity contribution in [2.24, 2.45) is 5.92 Å². The van der Waals surface area contributed by atoms with Gasteiger partial charge in [-0.05, 0) is 82.8 Å². The monoisotopic (exact) mass is 485 g/mol. The molecule has 194 valence electrons. The fourth-order valence-corrected chi connectivity index (χ4v) is 4.47. The molecular weight excluding hydrogens is 438 g/mol. The van der Waals surface area contributed by atoms with Crippen LogP contribution in [0.15, 0.2) is 72.8 Å². The molecule has 0 amide bonds. The van der Waals surface area contributed by atoms with Gasteiger partial charge in [-0.2, -0.15) is 0 Å². The third-order valence-electron chi connectivity index (χ3n) is 7.11. The Hall–Kier alpha value is -2.74. The summed E-state index contributed by atoms with van der Waals surface area (Å²) in [5, 5.41) is 0. The maximum atomic E-state index is 6.19. The highest BCUT2D eigenvalue weighted by Crippen LogP contribution is 2.37. The molecule has 3 aromatic rings. The fraction of sp³-hybridized carbons (Fsp3) is 0.471. The maximum absolute atomic E-state index is 6.19. The van der Waals surface area contributed by atoms with E-state index in [1.807, 2.05) is 0 Å². The van der Waals surface area contributed by atoms with E-state index < -0.39 is 0 Å². The van der Waals surface area contributed by atoms with Gasteiger partial charge in [0.25, 0.3) is 0 Å². The first-order valence-electron chi connectivity index (χ1n) is 13.8. The number of benzene rings is 3. The second-order valence-electron chi connectivity index (χ2n) is 12.2. The summed E-state index contributed by atoms with van der Waals surface area (Å²) in [6, 6.07) is 26.6. The molecule has 0 saturated carbocycles. The van der Waals surface area contributed by atoms with Gasteiger partial charge in [-0.1, -0.05) is 98.9 Å². The number of unbranched alkanes of at least 4 members (excludes halogenated alkanes) is 1. The van der Waals surface area contributed by atoms with E-state index in [1.54, 1.807) is 0 Å². The highest BCUT2D eigenvalue weighted by molar-refractivity contribution is 5.77. The van der Waals surface area contributed by atoms with Crippen molar-refractivity contribution in [3.8, 4) is 5.75 Å². The van der Waals surface area contributed by atoms with E-state index in [0.717, 1.165) is 29.4 Å². The average Bonchev–Trinajstić information content (AvgIpc) is 2.85. The van der Waals surface area contributed by atoms with E-state index >= 15 is 0 Å². The Morgan fingerprint density at radius 2 is 1.06 bits per heavy atom. The van der Waals surface area contributed by atoms with Gasteiger partial charge in [0.2, 0.25) is 0 Å². The van der Waals surface area contributed by atoms with Crippen LogP contribution < -0.4 is 9.64 Å². The molecule has 3 aromatic carbocycles. The maximum Gasteiger partial charge on any atom is 0.119 e. The Labute approximate surface area is 220 Å². The quantitative estimate of drug-likeness (QED) is 0.283. The highest BCUT2D eigenvalue weighted by atomic mass is 16.5. The second-order valence-corrected chi connectivity index (χ2v) is 12.2. The summed E-state index contributed by atoms with van der Waals surface area (Å²) in [6.07, 6.45) is 4.93. The molecule has 1 unspecified atom stereocenters. The number of hydrogen-bond acceptors (Lipinski definition) is 2. The molecular formula is C34H47NO. The van der Waals surface area contributed by atoms with Gasteiger partial charge >= 0.3 is 0 Å². The van der Waals surface area contributed by atoms with Crippen LogP contribution in [0.1, 0.15) is 92.2 Å².